The second-order valence-electron chi connectivity index (χ2n) is 5.04. The van der Waals surface area contributed by atoms with Crippen LogP contribution in [0, 0.1) is 20.8 Å². The normalized spacial score (nSPS) is 12.0. The molecule has 0 spiro atoms. The van der Waals surface area contributed by atoms with Crippen molar-refractivity contribution in [2.45, 2.75) is 26.9 Å². The van der Waals surface area contributed by atoms with Gasteiger partial charge >= 0.3 is 0 Å². The van der Waals surface area contributed by atoms with Gasteiger partial charge in [0.15, 0.2) is 0 Å². The topological polar surface area (TPSA) is 64.5 Å². The Hall–Kier alpha value is -2.14. The molecule has 0 aliphatic carbocycles. The Bertz CT molecular complexity index is 602. The van der Waals surface area contributed by atoms with Crippen molar-refractivity contribution in [2.24, 2.45) is 0 Å². The van der Waals surface area contributed by atoms with E-state index in [0.717, 1.165) is 22.6 Å². The van der Waals surface area contributed by atoms with E-state index in [1.165, 1.54) is 0 Å². The van der Waals surface area contributed by atoms with Crippen molar-refractivity contribution >= 4 is 0 Å². The average molecular weight is 288 g/mol. The predicted octanol–water partition coefficient (Wildman–Crippen LogP) is 2.22. The van der Waals surface area contributed by atoms with E-state index in [2.05, 4.69) is 10.2 Å². The molecule has 2 aromatic rings. The molecule has 0 radical (unpaired) electrons. The van der Waals surface area contributed by atoms with Crippen LogP contribution in [0.3, 0.4) is 0 Å². The molecule has 1 N–H and O–H groups in total. The first-order valence-corrected chi connectivity index (χ1v) is 6.86. The second-order valence-corrected chi connectivity index (χ2v) is 5.04. The highest BCUT2D eigenvalue weighted by Gasteiger charge is 2.08. The number of hydrogen-bond donors (Lipinski definition) is 1. The molecule has 0 aliphatic heterocycles. The molecule has 0 amide bonds. The zero-order valence-electron chi connectivity index (χ0n) is 12.5. The lowest BCUT2D eigenvalue weighted by molar-refractivity contribution is 0.0606. The minimum absolute atomic E-state index is 0.114. The highest BCUT2D eigenvalue weighted by molar-refractivity contribution is 5.27. The second kappa shape index (κ2) is 7.04. The minimum Gasteiger partial charge on any atom is -0.491 e. The molecule has 0 fully saturated rings. The molecule has 21 heavy (non-hydrogen) atoms. The van der Waals surface area contributed by atoms with Crippen LogP contribution in [0.1, 0.15) is 16.8 Å². The minimum atomic E-state index is -0.728. The van der Waals surface area contributed by atoms with E-state index in [1.807, 2.05) is 45.0 Å². The van der Waals surface area contributed by atoms with Crippen LogP contribution >= 0.6 is 0 Å². The van der Waals surface area contributed by atoms with Gasteiger partial charge in [-0.05, 0) is 44.0 Å². The van der Waals surface area contributed by atoms with Crippen LogP contribution < -0.4 is 9.47 Å². The number of aromatic nitrogens is 2. The highest BCUT2D eigenvalue weighted by atomic mass is 16.5. The number of ether oxygens (including phenoxy) is 2. The summed E-state index contributed by atoms with van der Waals surface area (Å²) >= 11 is 0. The summed E-state index contributed by atoms with van der Waals surface area (Å²) in [5.41, 5.74) is 2.99. The van der Waals surface area contributed by atoms with Gasteiger partial charge < -0.3 is 14.6 Å². The maximum Gasteiger partial charge on any atom is 0.233 e. The van der Waals surface area contributed by atoms with Gasteiger partial charge in [0.05, 0.1) is 5.69 Å². The van der Waals surface area contributed by atoms with Crippen LogP contribution in [0.15, 0.2) is 30.3 Å². The molecule has 5 nitrogen and oxygen atoms in total. The summed E-state index contributed by atoms with van der Waals surface area (Å²) in [7, 11) is 0. The van der Waals surface area contributed by atoms with Gasteiger partial charge in [0.25, 0.3) is 0 Å². The highest BCUT2D eigenvalue weighted by Crippen LogP contribution is 2.13. The van der Waals surface area contributed by atoms with Gasteiger partial charge in [-0.15, -0.1) is 5.10 Å². The summed E-state index contributed by atoms with van der Waals surface area (Å²) in [6, 6.07) is 9.48. The number of aryl methyl sites for hydroxylation is 3. The van der Waals surface area contributed by atoms with Crippen molar-refractivity contribution in [2.75, 3.05) is 13.2 Å². The lowest BCUT2D eigenvalue weighted by atomic mass is 10.2. The summed E-state index contributed by atoms with van der Waals surface area (Å²) in [6.45, 7) is 6.10. The number of benzene rings is 1. The van der Waals surface area contributed by atoms with Crippen LogP contribution in [0.2, 0.25) is 0 Å². The molecule has 0 aliphatic rings. The molecule has 5 heteroatoms. The van der Waals surface area contributed by atoms with E-state index in [9.17, 15) is 5.11 Å². The first kappa shape index (κ1) is 15.3. The molecule has 2 rings (SSSR count). The first-order chi connectivity index (χ1) is 10.0. The van der Waals surface area contributed by atoms with E-state index in [-0.39, 0.29) is 13.2 Å². The molecular formula is C16H20N2O3. The Labute approximate surface area is 124 Å². The van der Waals surface area contributed by atoms with Crippen LogP contribution in [-0.4, -0.2) is 34.6 Å². The monoisotopic (exact) mass is 288 g/mol. The van der Waals surface area contributed by atoms with Crippen molar-refractivity contribution in [1.29, 1.82) is 0 Å². The Morgan fingerprint density at radius 1 is 1.05 bits per heavy atom. The lowest BCUT2D eigenvalue weighted by Crippen LogP contribution is -2.25. The molecule has 1 aromatic heterocycles. The largest absolute Gasteiger partial charge is 0.491 e. The molecule has 0 saturated heterocycles. The van der Waals surface area contributed by atoms with Gasteiger partial charge in [0.1, 0.15) is 25.1 Å². The fourth-order valence-electron chi connectivity index (χ4n) is 1.72. The van der Waals surface area contributed by atoms with Gasteiger partial charge in [-0.2, -0.15) is 5.10 Å². The van der Waals surface area contributed by atoms with E-state index < -0.39 is 6.10 Å². The third-order valence-electron chi connectivity index (χ3n) is 3.06. The molecule has 0 bridgehead atoms. The van der Waals surface area contributed by atoms with Crippen molar-refractivity contribution in [3.05, 3.63) is 47.2 Å². The quantitative estimate of drug-likeness (QED) is 0.883. The molecule has 1 aromatic carbocycles. The number of hydrogen-bond acceptors (Lipinski definition) is 5. The van der Waals surface area contributed by atoms with Crippen molar-refractivity contribution in [3.63, 3.8) is 0 Å². The SMILES string of the molecule is Cc1cccc(OC[C@H](O)COc2cc(C)c(C)nn2)c1. The number of aliphatic hydroxyl groups excluding tert-OH is 1. The Morgan fingerprint density at radius 3 is 2.52 bits per heavy atom. The summed E-state index contributed by atoms with van der Waals surface area (Å²) in [5, 5.41) is 17.8. The fourth-order valence-corrected chi connectivity index (χ4v) is 1.72. The molecule has 112 valence electrons. The molecule has 1 heterocycles. The zero-order chi connectivity index (χ0) is 15.2. The van der Waals surface area contributed by atoms with Crippen LogP contribution in [0.4, 0.5) is 0 Å². The van der Waals surface area contributed by atoms with Gasteiger partial charge in [-0.3, -0.25) is 0 Å². The van der Waals surface area contributed by atoms with Gasteiger partial charge in [-0.1, -0.05) is 12.1 Å². The standard InChI is InChI=1S/C16H20N2O3/c1-11-5-4-6-15(7-11)20-9-14(19)10-21-16-8-12(2)13(3)17-18-16/h4-8,14,19H,9-10H2,1-3H3/t14-/m0/s1. The smallest absolute Gasteiger partial charge is 0.233 e. The molecular weight excluding hydrogens is 268 g/mol. The van der Waals surface area contributed by atoms with Crippen molar-refractivity contribution in [1.82, 2.24) is 10.2 Å². The van der Waals surface area contributed by atoms with Gasteiger partial charge in [0, 0.05) is 6.07 Å². The van der Waals surface area contributed by atoms with Crippen LogP contribution in [0.25, 0.3) is 0 Å². The zero-order valence-corrected chi connectivity index (χ0v) is 12.5. The summed E-state index contributed by atoms with van der Waals surface area (Å²) < 4.78 is 10.9. The van der Waals surface area contributed by atoms with E-state index in [0.29, 0.717) is 5.88 Å². The van der Waals surface area contributed by atoms with E-state index >= 15 is 0 Å². The fraction of sp³-hybridized carbons (Fsp3) is 0.375. The Balaban J connectivity index is 1.79. The van der Waals surface area contributed by atoms with Gasteiger partial charge in [0.2, 0.25) is 5.88 Å². The number of aliphatic hydroxyl groups is 1. The average Bonchev–Trinajstić information content (AvgIpc) is 2.46. The lowest BCUT2D eigenvalue weighted by Gasteiger charge is -2.13. The van der Waals surface area contributed by atoms with Crippen LogP contribution in [-0.2, 0) is 0 Å². The summed E-state index contributed by atoms with van der Waals surface area (Å²) in [5.74, 6) is 1.15. The predicted molar refractivity (Wildman–Crippen MR) is 79.7 cm³/mol. The van der Waals surface area contributed by atoms with Gasteiger partial charge in [-0.25, -0.2) is 0 Å². The van der Waals surface area contributed by atoms with Crippen LogP contribution in [0.5, 0.6) is 11.6 Å². The third-order valence-corrected chi connectivity index (χ3v) is 3.06. The molecule has 1 atom stereocenters. The Morgan fingerprint density at radius 2 is 1.81 bits per heavy atom. The first-order valence-electron chi connectivity index (χ1n) is 6.86. The number of rotatable bonds is 6. The maximum absolute atomic E-state index is 9.87. The van der Waals surface area contributed by atoms with Crippen molar-refractivity contribution < 1.29 is 14.6 Å². The maximum atomic E-state index is 9.87. The number of nitrogens with zero attached hydrogens (tertiary/aromatic N) is 2. The molecule has 0 unspecified atom stereocenters. The molecule has 0 saturated carbocycles. The third kappa shape index (κ3) is 4.72. The Kier molecular flexibility index (Phi) is 5.11. The summed E-state index contributed by atoms with van der Waals surface area (Å²) in [4.78, 5) is 0. The summed E-state index contributed by atoms with van der Waals surface area (Å²) in [6.07, 6.45) is -0.728. The van der Waals surface area contributed by atoms with E-state index in [1.54, 1.807) is 6.07 Å². The van der Waals surface area contributed by atoms with Crippen molar-refractivity contribution in [3.8, 4) is 11.6 Å². The van der Waals surface area contributed by atoms with E-state index in [4.69, 9.17) is 9.47 Å².